The van der Waals surface area contributed by atoms with Crippen LogP contribution in [0.1, 0.15) is 18.4 Å². The van der Waals surface area contributed by atoms with Crippen LogP contribution < -0.4 is 5.43 Å². The number of hydrogen-bond donors (Lipinski definition) is 1. The summed E-state index contributed by atoms with van der Waals surface area (Å²) in [6.45, 7) is 0.260. The van der Waals surface area contributed by atoms with E-state index in [1.165, 1.54) is 34.8 Å². The quantitative estimate of drug-likeness (QED) is 0.542. The smallest absolute Gasteiger partial charge is 0.258 e. The Labute approximate surface area is 178 Å². The first-order chi connectivity index (χ1) is 13.3. The van der Waals surface area contributed by atoms with Gasteiger partial charge in [0.15, 0.2) is 0 Å². The van der Waals surface area contributed by atoms with E-state index < -0.39 is 22.0 Å². The second kappa shape index (κ2) is 8.80. The number of amides is 1. The van der Waals surface area contributed by atoms with Crippen molar-refractivity contribution in [3.63, 3.8) is 0 Å². The molecule has 0 unspecified atom stereocenters. The van der Waals surface area contributed by atoms with Crippen LogP contribution in [0.2, 0.25) is 15.1 Å². The minimum atomic E-state index is -3.81. The second-order valence-electron chi connectivity index (χ2n) is 6.13. The standard InChI is InChI=1S/C18H16Cl3N3O3S/c19-13-5-7-15(8-6-13)28(26,27)24-9-1-2-17(24)18(25)23-22-11-12-3-4-14(20)10-16(12)21/h3-8,10-11,17H,1-2,9H2,(H,23,25)/b22-11-/t17-/m1/s1. The highest BCUT2D eigenvalue weighted by Crippen LogP contribution is 2.27. The zero-order chi connectivity index (χ0) is 20.3. The Morgan fingerprint density at radius 1 is 1.11 bits per heavy atom. The molecule has 1 saturated heterocycles. The van der Waals surface area contributed by atoms with Crippen molar-refractivity contribution in [2.45, 2.75) is 23.8 Å². The first-order valence-electron chi connectivity index (χ1n) is 8.34. The molecular weight excluding hydrogens is 445 g/mol. The van der Waals surface area contributed by atoms with Crippen LogP contribution in [0.15, 0.2) is 52.5 Å². The fraction of sp³-hybridized carbons (Fsp3) is 0.222. The van der Waals surface area contributed by atoms with E-state index in [-0.39, 0.29) is 11.4 Å². The molecule has 0 radical (unpaired) electrons. The largest absolute Gasteiger partial charge is 0.271 e. The summed E-state index contributed by atoms with van der Waals surface area (Å²) in [5.74, 6) is -0.503. The molecule has 0 aliphatic carbocycles. The van der Waals surface area contributed by atoms with Crippen molar-refractivity contribution >= 4 is 56.9 Å². The van der Waals surface area contributed by atoms with Gasteiger partial charge in [0.2, 0.25) is 10.0 Å². The molecule has 2 aromatic carbocycles. The zero-order valence-corrected chi connectivity index (χ0v) is 17.6. The maximum Gasteiger partial charge on any atom is 0.258 e. The molecule has 1 N–H and O–H groups in total. The monoisotopic (exact) mass is 459 g/mol. The van der Waals surface area contributed by atoms with Crippen molar-refractivity contribution in [3.8, 4) is 0 Å². The van der Waals surface area contributed by atoms with Gasteiger partial charge in [0.25, 0.3) is 5.91 Å². The Morgan fingerprint density at radius 2 is 1.79 bits per heavy atom. The van der Waals surface area contributed by atoms with Gasteiger partial charge in [-0.05, 0) is 49.2 Å². The van der Waals surface area contributed by atoms with E-state index in [0.717, 1.165) is 0 Å². The Morgan fingerprint density at radius 3 is 2.46 bits per heavy atom. The van der Waals surface area contributed by atoms with Crippen LogP contribution >= 0.6 is 34.8 Å². The lowest BCUT2D eigenvalue weighted by Gasteiger charge is -2.22. The second-order valence-corrected chi connectivity index (χ2v) is 9.30. The first-order valence-corrected chi connectivity index (χ1v) is 10.9. The summed E-state index contributed by atoms with van der Waals surface area (Å²) < 4.78 is 26.9. The highest BCUT2D eigenvalue weighted by atomic mass is 35.5. The Kier molecular flexibility index (Phi) is 6.62. The topological polar surface area (TPSA) is 78.8 Å². The van der Waals surface area contributed by atoms with Crippen molar-refractivity contribution in [3.05, 3.63) is 63.1 Å². The van der Waals surface area contributed by atoms with Crippen molar-refractivity contribution in [1.82, 2.24) is 9.73 Å². The van der Waals surface area contributed by atoms with Gasteiger partial charge in [-0.15, -0.1) is 0 Å². The molecule has 1 atom stereocenters. The number of hydrazone groups is 1. The third-order valence-electron chi connectivity index (χ3n) is 4.27. The number of nitrogens with one attached hydrogen (secondary N) is 1. The van der Waals surface area contributed by atoms with Crippen LogP contribution in [-0.4, -0.2) is 37.4 Å². The number of benzene rings is 2. The molecule has 0 bridgehead atoms. The molecule has 0 spiro atoms. The Balaban J connectivity index is 1.72. The van der Waals surface area contributed by atoms with E-state index >= 15 is 0 Å². The molecule has 1 amide bonds. The van der Waals surface area contributed by atoms with Crippen LogP contribution in [-0.2, 0) is 14.8 Å². The van der Waals surface area contributed by atoms with E-state index in [9.17, 15) is 13.2 Å². The van der Waals surface area contributed by atoms with Gasteiger partial charge in [-0.3, -0.25) is 4.79 Å². The van der Waals surface area contributed by atoms with Gasteiger partial charge >= 0.3 is 0 Å². The van der Waals surface area contributed by atoms with E-state index in [1.54, 1.807) is 18.2 Å². The first kappa shape index (κ1) is 21.1. The summed E-state index contributed by atoms with van der Waals surface area (Å²) >= 11 is 17.7. The lowest BCUT2D eigenvalue weighted by atomic mass is 10.2. The van der Waals surface area contributed by atoms with Gasteiger partial charge in [-0.2, -0.15) is 9.41 Å². The van der Waals surface area contributed by atoms with Crippen molar-refractivity contribution in [1.29, 1.82) is 0 Å². The summed E-state index contributed by atoms with van der Waals surface area (Å²) in [6, 6.07) is 9.88. The molecule has 3 rings (SSSR count). The fourth-order valence-corrected chi connectivity index (χ4v) is 5.12. The highest BCUT2D eigenvalue weighted by Gasteiger charge is 2.39. The van der Waals surface area contributed by atoms with Gasteiger partial charge in [0, 0.05) is 22.2 Å². The van der Waals surface area contributed by atoms with E-state index in [1.807, 2.05) is 0 Å². The third kappa shape index (κ3) is 4.67. The fourth-order valence-electron chi connectivity index (χ4n) is 2.88. The van der Waals surface area contributed by atoms with Crippen molar-refractivity contribution < 1.29 is 13.2 Å². The van der Waals surface area contributed by atoms with Crippen LogP contribution in [0, 0.1) is 0 Å². The van der Waals surface area contributed by atoms with E-state index in [2.05, 4.69) is 10.5 Å². The molecule has 28 heavy (non-hydrogen) atoms. The summed E-state index contributed by atoms with van der Waals surface area (Å²) in [6.07, 6.45) is 2.37. The summed E-state index contributed by atoms with van der Waals surface area (Å²) in [4.78, 5) is 12.6. The van der Waals surface area contributed by atoms with Gasteiger partial charge in [0.05, 0.1) is 16.1 Å². The van der Waals surface area contributed by atoms with Crippen molar-refractivity contribution in [2.24, 2.45) is 5.10 Å². The van der Waals surface area contributed by atoms with Crippen LogP contribution in [0.5, 0.6) is 0 Å². The predicted octanol–water partition coefficient (Wildman–Crippen LogP) is 3.95. The zero-order valence-electron chi connectivity index (χ0n) is 14.5. The molecule has 1 heterocycles. The minimum absolute atomic E-state index is 0.0908. The highest BCUT2D eigenvalue weighted by molar-refractivity contribution is 7.89. The molecule has 6 nitrogen and oxygen atoms in total. The molecule has 0 aromatic heterocycles. The maximum absolute atomic E-state index is 12.9. The molecular formula is C18H16Cl3N3O3S. The lowest BCUT2D eigenvalue weighted by Crippen LogP contribution is -2.44. The number of rotatable bonds is 5. The van der Waals surface area contributed by atoms with Gasteiger partial charge < -0.3 is 0 Å². The number of carbonyl (C=O) groups excluding carboxylic acids is 1. The lowest BCUT2D eigenvalue weighted by molar-refractivity contribution is -0.124. The molecule has 2 aromatic rings. The number of hydrogen-bond acceptors (Lipinski definition) is 4. The summed E-state index contributed by atoms with van der Waals surface area (Å²) in [7, 11) is -3.81. The average Bonchev–Trinajstić information content (AvgIpc) is 3.14. The summed E-state index contributed by atoms with van der Waals surface area (Å²) in [5.41, 5.74) is 2.96. The van der Waals surface area contributed by atoms with Gasteiger partial charge in [-0.1, -0.05) is 40.9 Å². The summed E-state index contributed by atoms with van der Waals surface area (Å²) in [5, 5.41) is 5.20. The number of halogens is 3. The van der Waals surface area contributed by atoms with E-state index in [4.69, 9.17) is 34.8 Å². The van der Waals surface area contributed by atoms with E-state index in [0.29, 0.717) is 33.5 Å². The van der Waals surface area contributed by atoms with Crippen LogP contribution in [0.3, 0.4) is 0 Å². The van der Waals surface area contributed by atoms with Gasteiger partial charge in [-0.25, -0.2) is 13.8 Å². The van der Waals surface area contributed by atoms with Crippen molar-refractivity contribution in [2.75, 3.05) is 6.54 Å². The average molecular weight is 461 g/mol. The normalized spacial score (nSPS) is 17.9. The minimum Gasteiger partial charge on any atom is -0.271 e. The number of carbonyl (C=O) groups is 1. The van der Waals surface area contributed by atoms with Crippen LogP contribution in [0.25, 0.3) is 0 Å². The molecule has 1 aliphatic heterocycles. The number of sulfonamides is 1. The molecule has 1 aliphatic rings. The third-order valence-corrected chi connectivity index (χ3v) is 7.00. The van der Waals surface area contributed by atoms with Gasteiger partial charge in [0.1, 0.15) is 6.04 Å². The SMILES string of the molecule is O=C(N/N=C\c1ccc(Cl)cc1Cl)[C@H]1CCCN1S(=O)(=O)c1ccc(Cl)cc1. The Hall–Kier alpha value is -1.64. The number of nitrogens with zero attached hydrogens (tertiary/aromatic N) is 2. The maximum atomic E-state index is 12.9. The van der Waals surface area contributed by atoms with Crippen LogP contribution in [0.4, 0.5) is 0 Å². The molecule has 10 heteroatoms. The Bertz CT molecular complexity index is 1010. The molecule has 0 saturated carbocycles. The molecule has 1 fully saturated rings. The predicted molar refractivity (Wildman–Crippen MR) is 111 cm³/mol. The molecule has 148 valence electrons.